The minimum absolute atomic E-state index is 0.360. The topological polar surface area (TPSA) is 37.3 Å². The van der Waals surface area contributed by atoms with E-state index in [-0.39, 0.29) is 0 Å². The van der Waals surface area contributed by atoms with Crippen LogP contribution in [0.3, 0.4) is 0 Å². The third-order valence-electron chi connectivity index (χ3n) is 2.74. The van der Waals surface area contributed by atoms with Crippen LogP contribution in [0.25, 0.3) is 20.9 Å². The SMILES string of the molecule is O=C(O)c1cc2ccsc2c2cc(Br)ccc12. The maximum atomic E-state index is 11.3. The molecule has 0 radical (unpaired) electrons. The van der Waals surface area contributed by atoms with Crippen LogP contribution in [-0.2, 0) is 0 Å². The van der Waals surface area contributed by atoms with Crippen molar-refractivity contribution in [2.24, 2.45) is 0 Å². The Hall–Kier alpha value is -1.39. The molecule has 0 aliphatic rings. The number of hydrogen-bond donors (Lipinski definition) is 1. The van der Waals surface area contributed by atoms with Crippen LogP contribution in [0.4, 0.5) is 0 Å². The van der Waals surface area contributed by atoms with Gasteiger partial charge in [-0.25, -0.2) is 4.79 Å². The first-order chi connectivity index (χ1) is 8.16. The van der Waals surface area contributed by atoms with Gasteiger partial charge in [0.15, 0.2) is 0 Å². The third-order valence-corrected chi connectivity index (χ3v) is 4.20. The summed E-state index contributed by atoms with van der Waals surface area (Å²) in [7, 11) is 0. The second-order valence-corrected chi connectivity index (χ2v) is 5.59. The number of hydrogen-bond acceptors (Lipinski definition) is 2. The minimum atomic E-state index is -0.884. The summed E-state index contributed by atoms with van der Waals surface area (Å²) in [6, 6.07) is 9.38. The normalized spacial score (nSPS) is 11.1. The molecule has 84 valence electrons. The highest BCUT2D eigenvalue weighted by Gasteiger charge is 2.12. The zero-order valence-corrected chi connectivity index (χ0v) is 11.0. The molecule has 17 heavy (non-hydrogen) atoms. The smallest absolute Gasteiger partial charge is 0.336 e. The molecule has 0 amide bonds. The Morgan fingerprint density at radius 1 is 1.18 bits per heavy atom. The van der Waals surface area contributed by atoms with Gasteiger partial charge in [0.2, 0.25) is 0 Å². The molecule has 1 heterocycles. The number of aromatic carboxylic acids is 1. The van der Waals surface area contributed by atoms with Crippen molar-refractivity contribution < 1.29 is 9.90 Å². The summed E-state index contributed by atoms with van der Waals surface area (Å²) in [6.07, 6.45) is 0. The summed E-state index contributed by atoms with van der Waals surface area (Å²) in [5, 5.41) is 14.0. The van der Waals surface area contributed by atoms with Crippen LogP contribution in [0.5, 0.6) is 0 Å². The Morgan fingerprint density at radius 2 is 2.00 bits per heavy atom. The minimum Gasteiger partial charge on any atom is -0.478 e. The van der Waals surface area contributed by atoms with E-state index in [0.29, 0.717) is 5.56 Å². The van der Waals surface area contributed by atoms with Crippen molar-refractivity contribution in [1.82, 2.24) is 0 Å². The van der Waals surface area contributed by atoms with Crippen molar-refractivity contribution >= 4 is 54.1 Å². The first-order valence-corrected chi connectivity index (χ1v) is 6.67. The largest absolute Gasteiger partial charge is 0.478 e. The monoisotopic (exact) mass is 306 g/mol. The maximum absolute atomic E-state index is 11.3. The second-order valence-electron chi connectivity index (χ2n) is 3.76. The van der Waals surface area contributed by atoms with Gasteiger partial charge in [0, 0.05) is 14.6 Å². The van der Waals surface area contributed by atoms with E-state index in [1.54, 1.807) is 17.4 Å². The van der Waals surface area contributed by atoms with E-state index in [2.05, 4.69) is 15.9 Å². The molecule has 3 rings (SSSR count). The molecular formula is C13H7BrO2S. The molecule has 0 spiro atoms. The van der Waals surface area contributed by atoms with Gasteiger partial charge in [0.1, 0.15) is 0 Å². The summed E-state index contributed by atoms with van der Waals surface area (Å²) >= 11 is 5.06. The molecule has 0 atom stereocenters. The number of rotatable bonds is 1. The van der Waals surface area contributed by atoms with Crippen LogP contribution in [0, 0.1) is 0 Å². The van der Waals surface area contributed by atoms with E-state index in [0.717, 1.165) is 25.3 Å². The van der Waals surface area contributed by atoms with Crippen molar-refractivity contribution in [3.05, 3.63) is 45.7 Å². The Bertz CT molecular complexity index is 746. The molecule has 4 heteroatoms. The van der Waals surface area contributed by atoms with Crippen molar-refractivity contribution in [2.45, 2.75) is 0 Å². The lowest BCUT2D eigenvalue weighted by atomic mass is 10.0. The average Bonchev–Trinajstić information content (AvgIpc) is 2.75. The summed E-state index contributed by atoms with van der Waals surface area (Å²) in [5.41, 5.74) is 0.360. The molecule has 0 saturated heterocycles. The van der Waals surface area contributed by atoms with Gasteiger partial charge in [0.25, 0.3) is 0 Å². The number of carboxylic acids is 1. The van der Waals surface area contributed by atoms with Crippen LogP contribution >= 0.6 is 27.3 Å². The summed E-state index contributed by atoms with van der Waals surface area (Å²) < 4.78 is 2.09. The lowest BCUT2D eigenvalue weighted by molar-refractivity contribution is 0.0699. The maximum Gasteiger partial charge on any atom is 0.336 e. The van der Waals surface area contributed by atoms with Gasteiger partial charge in [-0.15, -0.1) is 11.3 Å². The van der Waals surface area contributed by atoms with Gasteiger partial charge in [-0.3, -0.25) is 0 Å². The number of carbonyl (C=O) groups is 1. The van der Waals surface area contributed by atoms with Crippen LogP contribution in [-0.4, -0.2) is 11.1 Å². The van der Waals surface area contributed by atoms with E-state index < -0.39 is 5.97 Å². The fourth-order valence-corrected chi connectivity index (χ4v) is 3.27. The van der Waals surface area contributed by atoms with Crippen LogP contribution in [0.15, 0.2) is 40.2 Å². The third kappa shape index (κ3) is 1.64. The predicted octanol–water partition coefficient (Wildman–Crippen LogP) is 4.52. The molecule has 1 aromatic heterocycles. The van der Waals surface area contributed by atoms with E-state index in [1.807, 2.05) is 29.6 Å². The van der Waals surface area contributed by atoms with Crippen molar-refractivity contribution in [3.8, 4) is 0 Å². The first-order valence-electron chi connectivity index (χ1n) is 4.99. The Labute approximate surface area is 110 Å². The van der Waals surface area contributed by atoms with Gasteiger partial charge < -0.3 is 5.11 Å². The molecule has 0 saturated carbocycles. The van der Waals surface area contributed by atoms with E-state index in [9.17, 15) is 9.90 Å². The highest BCUT2D eigenvalue weighted by atomic mass is 79.9. The predicted molar refractivity (Wildman–Crippen MR) is 74.0 cm³/mol. The van der Waals surface area contributed by atoms with Gasteiger partial charge in [0.05, 0.1) is 5.56 Å². The zero-order valence-electron chi connectivity index (χ0n) is 8.61. The molecule has 0 bridgehead atoms. The molecule has 3 aromatic rings. The van der Waals surface area contributed by atoms with Gasteiger partial charge in [-0.1, -0.05) is 22.0 Å². The molecular weight excluding hydrogens is 300 g/mol. The summed E-state index contributed by atoms with van der Waals surface area (Å²) in [4.78, 5) is 11.3. The average molecular weight is 307 g/mol. The molecule has 0 aliphatic carbocycles. The van der Waals surface area contributed by atoms with Gasteiger partial charge >= 0.3 is 5.97 Å². The molecule has 0 aliphatic heterocycles. The number of fused-ring (bicyclic) bond motifs is 3. The number of halogens is 1. The highest BCUT2D eigenvalue weighted by molar-refractivity contribution is 9.10. The van der Waals surface area contributed by atoms with Crippen molar-refractivity contribution in [3.63, 3.8) is 0 Å². The standard InChI is InChI=1S/C13H7BrO2S/c14-8-1-2-9-10(6-8)12-7(3-4-17-12)5-11(9)13(15)16/h1-6H,(H,15,16). The molecule has 0 fully saturated rings. The molecule has 0 unspecified atom stereocenters. The first kappa shape index (κ1) is 10.7. The summed E-state index contributed by atoms with van der Waals surface area (Å²) in [6.45, 7) is 0. The van der Waals surface area contributed by atoms with Gasteiger partial charge in [-0.05, 0) is 40.4 Å². The Kier molecular flexibility index (Phi) is 2.42. The van der Waals surface area contributed by atoms with Crippen molar-refractivity contribution in [2.75, 3.05) is 0 Å². The molecule has 1 N–H and O–H groups in total. The lowest BCUT2D eigenvalue weighted by Crippen LogP contribution is -1.97. The highest BCUT2D eigenvalue weighted by Crippen LogP contribution is 2.34. The summed E-state index contributed by atoms with van der Waals surface area (Å²) in [5.74, 6) is -0.884. The van der Waals surface area contributed by atoms with Gasteiger partial charge in [-0.2, -0.15) is 0 Å². The number of benzene rings is 2. The quantitative estimate of drug-likeness (QED) is 0.718. The van der Waals surface area contributed by atoms with Crippen molar-refractivity contribution in [1.29, 1.82) is 0 Å². The fraction of sp³-hybridized carbons (Fsp3) is 0. The fourth-order valence-electron chi connectivity index (χ4n) is 2.00. The number of carboxylic acid groups (broad SMARTS) is 1. The molecule has 2 nitrogen and oxygen atoms in total. The van der Waals surface area contributed by atoms with Crippen LogP contribution in [0.1, 0.15) is 10.4 Å². The second kappa shape index (κ2) is 3.82. The number of thiophene rings is 1. The van der Waals surface area contributed by atoms with Crippen LogP contribution < -0.4 is 0 Å². The zero-order chi connectivity index (χ0) is 12.0. The Morgan fingerprint density at radius 3 is 2.76 bits per heavy atom. The van der Waals surface area contributed by atoms with E-state index in [1.165, 1.54) is 0 Å². The Balaban J connectivity index is 2.58. The van der Waals surface area contributed by atoms with E-state index in [4.69, 9.17) is 0 Å². The van der Waals surface area contributed by atoms with Crippen LogP contribution in [0.2, 0.25) is 0 Å². The molecule has 2 aromatic carbocycles. The van der Waals surface area contributed by atoms with E-state index >= 15 is 0 Å². The lowest BCUT2D eigenvalue weighted by Gasteiger charge is -2.05.